The van der Waals surface area contributed by atoms with E-state index in [1.807, 2.05) is 0 Å². The number of alkyl halides is 3. The molecular weight excluding hydrogens is 390 g/mol. The van der Waals surface area contributed by atoms with E-state index in [0.29, 0.717) is 30.0 Å². The Morgan fingerprint density at radius 2 is 1.83 bits per heavy atom. The average Bonchev–Trinajstić information content (AvgIpc) is 3.11. The average molecular weight is 405 g/mol. The Labute approximate surface area is 162 Å². The molecule has 6 nitrogen and oxygen atoms in total. The van der Waals surface area contributed by atoms with Crippen molar-refractivity contribution in [3.05, 3.63) is 65.6 Å². The van der Waals surface area contributed by atoms with Gasteiger partial charge in [-0.2, -0.15) is 13.2 Å². The van der Waals surface area contributed by atoms with Gasteiger partial charge in [-0.3, -0.25) is 0 Å². The van der Waals surface area contributed by atoms with Gasteiger partial charge in [-0.15, -0.1) is 5.10 Å². The van der Waals surface area contributed by atoms with Crippen molar-refractivity contribution < 1.29 is 22.4 Å². The molecule has 150 valence electrons. The number of carbonyl (C=O) groups is 1. The van der Waals surface area contributed by atoms with E-state index < -0.39 is 17.8 Å². The second-order valence-corrected chi connectivity index (χ2v) is 6.55. The maximum atomic E-state index is 13.2. The number of rotatable bonds is 2. The van der Waals surface area contributed by atoms with Gasteiger partial charge in [0.1, 0.15) is 11.5 Å². The molecule has 1 aliphatic heterocycles. The second kappa shape index (κ2) is 7.19. The molecule has 10 heteroatoms. The summed E-state index contributed by atoms with van der Waals surface area (Å²) in [4.78, 5) is 14.1. The fourth-order valence-corrected chi connectivity index (χ4v) is 3.13. The molecule has 2 aromatic carbocycles. The fourth-order valence-electron chi connectivity index (χ4n) is 3.13. The van der Waals surface area contributed by atoms with Gasteiger partial charge < -0.3 is 10.2 Å². The van der Waals surface area contributed by atoms with Gasteiger partial charge in [0.2, 0.25) is 0 Å². The third-order valence-corrected chi connectivity index (χ3v) is 4.61. The van der Waals surface area contributed by atoms with E-state index in [9.17, 15) is 22.4 Å². The topological polar surface area (TPSA) is 63.1 Å². The van der Waals surface area contributed by atoms with Crippen LogP contribution in [0.3, 0.4) is 0 Å². The van der Waals surface area contributed by atoms with Crippen LogP contribution in [0, 0.1) is 5.82 Å². The molecular formula is C19H15F4N5O. The van der Waals surface area contributed by atoms with Crippen molar-refractivity contribution in [3.8, 4) is 11.3 Å². The van der Waals surface area contributed by atoms with Gasteiger partial charge in [-0.05, 0) is 42.5 Å². The molecule has 1 aromatic heterocycles. The predicted molar refractivity (Wildman–Crippen MR) is 96.3 cm³/mol. The molecule has 0 fully saturated rings. The minimum absolute atomic E-state index is 0.0563. The molecule has 2 heterocycles. The number of hydrogen-bond donors (Lipinski definition) is 1. The lowest BCUT2D eigenvalue weighted by molar-refractivity contribution is -0.137. The number of halogens is 4. The monoisotopic (exact) mass is 405 g/mol. The maximum Gasteiger partial charge on any atom is 0.416 e. The highest BCUT2D eigenvalue weighted by molar-refractivity contribution is 5.89. The SMILES string of the molecule is O=C(Nc1cccc(C(F)(F)F)c1)N1CCn2nnc(-c3ccc(F)cc3)c2C1. The van der Waals surface area contributed by atoms with Crippen LogP contribution in [0.25, 0.3) is 11.3 Å². The van der Waals surface area contributed by atoms with Gasteiger partial charge >= 0.3 is 12.2 Å². The fraction of sp³-hybridized carbons (Fsp3) is 0.211. The summed E-state index contributed by atoms with van der Waals surface area (Å²) in [6, 6.07) is 9.69. The first-order valence-electron chi connectivity index (χ1n) is 8.73. The van der Waals surface area contributed by atoms with Crippen LogP contribution in [0.5, 0.6) is 0 Å². The van der Waals surface area contributed by atoms with Crippen LogP contribution >= 0.6 is 0 Å². The largest absolute Gasteiger partial charge is 0.416 e. The van der Waals surface area contributed by atoms with Gasteiger partial charge in [-0.1, -0.05) is 11.3 Å². The minimum atomic E-state index is -4.49. The summed E-state index contributed by atoms with van der Waals surface area (Å²) in [5.41, 5.74) is 1.08. The van der Waals surface area contributed by atoms with E-state index in [-0.39, 0.29) is 18.0 Å². The third-order valence-electron chi connectivity index (χ3n) is 4.61. The van der Waals surface area contributed by atoms with Crippen LogP contribution < -0.4 is 5.32 Å². The summed E-state index contributed by atoms with van der Waals surface area (Å²) in [5.74, 6) is -0.378. The Hall–Kier alpha value is -3.43. The van der Waals surface area contributed by atoms with Gasteiger partial charge in [0.05, 0.1) is 24.3 Å². The zero-order valence-electron chi connectivity index (χ0n) is 14.9. The standard InChI is InChI=1S/C19H15F4N5O/c20-14-6-4-12(5-7-14)17-16-11-27(8-9-28(16)26-25-17)18(29)24-15-3-1-2-13(10-15)19(21,22)23/h1-7,10H,8-9,11H2,(H,24,29). The molecule has 0 atom stereocenters. The third kappa shape index (κ3) is 3.91. The second-order valence-electron chi connectivity index (χ2n) is 6.55. The minimum Gasteiger partial charge on any atom is -0.317 e. The first-order valence-corrected chi connectivity index (χ1v) is 8.73. The number of amides is 2. The van der Waals surface area contributed by atoms with E-state index in [1.165, 1.54) is 29.2 Å². The molecule has 1 N–H and O–H groups in total. The number of nitrogens with zero attached hydrogens (tertiary/aromatic N) is 4. The molecule has 0 radical (unpaired) electrons. The normalized spacial score (nSPS) is 13.9. The predicted octanol–water partition coefficient (Wildman–Crippen LogP) is 4.15. The number of hydrogen-bond acceptors (Lipinski definition) is 3. The molecule has 2 amide bonds. The van der Waals surface area contributed by atoms with Crippen LogP contribution in [0.4, 0.5) is 28.0 Å². The van der Waals surface area contributed by atoms with Crippen LogP contribution in [-0.2, 0) is 19.3 Å². The quantitative estimate of drug-likeness (QED) is 0.652. The van der Waals surface area contributed by atoms with Crippen molar-refractivity contribution in [2.24, 2.45) is 0 Å². The van der Waals surface area contributed by atoms with Crippen molar-refractivity contribution in [1.82, 2.24) is 19.9 Å². The van der Waals surface area contributed by atoms with E-state index >= 15 is 0 Å². The molecule has 29 heavy (non-hydrogen) atoms. The number of carbonyl (C=O) groups excluding carboxylic acids is 1. The highest BCUT2D eigenvalue weighted by Crippen LogP contribution is 2.31. The van der Waals surface area contributed by atoms with E-state index in [0.717, 1.165) is 12.1 Å². The molecule has 0 bridgehead atoms. The molecule has 0 saturated carbocycles. The zero-order chi connectivity index (χ0) is 20.6. The number of fused-ring (bicyclic) bond motifs is 1. The highest BCUT2D eigenvalue weighted by Gasteiger charge is 2.31. The summed E-state index contributed by atoms with van der Waals surface area (Å²) in [5, 5.41) is 10.7. The Bertz CT molecular complexity index is 1050. The van der Waals surface area contributed by atoms with Crippen LogP contribution in [0.1, 0.15) is 11.3 Å². The molecule has 0 unspecified atom stereocenters. The van der Waals surface area contributed by atoms with Gasteiger partial charge in [0.25, 0.3) is 0 Å². The summed E-state index contributed by atoms with van der Waals surface area (Å²) >= 11 is 0. The van der Waals surface area contributed by atoms with Crippen LogP contribution in [0.2, 0.25) is 0 Å². The van der Waals surface area contributed by atoms with E-state index in [4.69, 9.17) is 0 Å². The van der Waals surface area contributed by atoms with Gasteiger partial charge in [-0.25, -0.2) is 13.9 Å². The first kappa shape index (κ1) is 18.9. The maximum absolute atomic E-state index is 13.2. The first-order chi connectivity index (χ1) is 13.8. The molecule has 4 rings (SSSR count). The molecule has 0 spiro atoms. The molecule has 3 aromatic rings. The Morgan fingerprint density at radius 1 is 1.07 bits per heavy atom. The summed E-state index contributed by atoms with van der Waals surface area (Å²) in [6.07, 6.45) is -4.49. The Balaban J connectivity index is 1.52. The van der Waals surface area contributed by atoms with Crippen LogP contribution in [0.15, 0.2) is 48.5 Å². The number of anilines is 1. The van der Waals surface area contributed by atoms with Crippen molar-refractivity contribution in [2.75, 3.05) is 11.9 Å². The van der Waals surface area contributed by atoms with Gasteiger partial charge in [0.15, 0.2) is 0 Å². The lowest BCUT2D eigenvalue weighted by atomic mass is 10.1. The molecule has 1 aliphatic rings. The number of aromatic nitrogens is 3. The number of benzene rings is 2. The number of urea groups is 1. The molecule has 0 saturated heterocycles. The Kier molecular flexibility index (Phi) is 4.69. The lowest BCUT2D eigenvalue weighted by Crippen LogP contribution is -2.41. The highest BCUT2D eigenvalue weighted by atomic mass is 19.4. The smallest absolute Gasteiger partial charge is 0.317 e. The van der Waals surface area contributed by atoms with Gasteiger partial charge in [0, 0.05) is 17.8 Å². The van der Waals surface area contributed by atoms with E-state index in [2.05, 4.69) is 15.6 Å². The summed E-state index contributed by atoms with van der Waals surface area (Å²) in [7, 11) is 0. The van der Waals surface area contributed by atoms with Crippen molar-refractivity contribution in [2.45, 2.75) is 19.3 Å². The lowest BCUT2D eigenvalue weighted by Gasteiger charge is -2.28. The van der Waals surface area contributed by atoms with Crippen molar-refractivity contribution in [3.63, 3.8) is 0 Å². The number of nitrogens with one attached hydrogen (secondary N) is 1. The van der Waals surface area contributed by atoms with Crippen LogP contribution in [-0.4, -0.2) is 32.5 Å². The molecule has 0 aliphatic carbocycles. The van der Waals surface area contributed by atoms with E-state index in [1.54, 1.807) is 16.8 Å². The van der Waals surface area contributed by atoms with Crippen molar-refractivity contribution in [1.29, 1.82) is 0 Å². The van der Waals surface area contributed by atoms with Crippen molar-refractivity contribution >= 4 is 11.7 Å². The Morgan fingerprint density at radius 3 is 2.55 bits per heavy atom. The summed E-state index contributed by atoms with van der Waals surface area (Å²) in [6.45, 7) is 0.883. The zero-order valence-corrected chi connectivity index (χ0v) is 14.9. The summed E-state index contributed by atoms with van der Waals surface area (Å²) < 4.78 is 53.4.